The molecular formula is C20H22N6O2S. The summed E-state index contributed by atoms with van der Waals surface area (Å²) in [6.45, 7) is 7.40. The Morgan fingerprint density at radius 3 is 2.62 bits per heavy atom. The van der Waals surface area contributed by atoms with Crippen LogP contribution in [-0.4, -0.2) is 31.6 Å². The number of carbonyl (C=O) groups excluding carboxylic acids is 1. The molecule has 3 rings (SSSR count). The topological polar surface area (TPSA) is 102 Å². The van der Waals surface area contributed by atoms with Crippen LogP contribution in [0.4, 0.5) is 22.0 Å². The second kappa shape index (κ2) is 8.44. The van der Waals surface area contributed by atoms with Crippen molar-refractivity contribution in [2.75, 3.05) is 10.6 Å². The molecule has 1 amide bonds. The van der Waals surface area contributed by atoms with Crippen molar-refractivity contribution in [2.45, 2.75) is 38.3 Å². The number of hydrogen-bond donors (Lipinski definition) is 3. The summed E-state index contributed by atoms with van der Waals surface area (Å²) in [6, 6.07) is 7.25. The average Bonchev–Trinajstić information content (AvgIpc) is 2.63. The number of aryl methyl sites for hydroxylation is 1. The van der Waals surface area contributed by atoms with Crippen molar-refractivity contribution in [3.63, 3.8) is 0 Å². The van der Waals surface area contributed by atoms with Gasteiger partial charge in [0.15, 0.2) is 0 Å². The molecule has 0 fully saturated rings. The van der Waals surface area contributed by atoms with Crippen LogP contribution in [0.15, 0.2) is 48.1 Å². The second-order valence-electron chi connectivity index (χ2n) is 7.33. The molecule has 8 nitrogen and oxygen atoms in total. The van der Waals surface area contributed by atoms with Crippen LogP contribution in [0.3, 0.4) is 0 Å². The number of anilines is 3. The summed E-state index contributed by atoms with van der Waals surface area (Å²) in [4.78, 5) is 28.8. The lowest BCUT2D eigenvalue weighted by Crippen LogP contribution is -2.27. The van der Waals surface area contributed by atoms with Gasteiger partial charge in [-0.3, -0.25) is 5.32 Å². The molecule has 2 N–H and O–H groups in total. The highest BCUT2D eigenvalue weighted by Gasteiger charge is 2.17. The van der Waals surface area contributed by atoms with Crippen LogP contribution in [-0.2, 0) is 4.74 Å². The minimum Gasteiger partial charge on any atom is -0.444 e. The maximum Gasteiger partial charge on any atom is 0.412 e. The van der Waals surface area contributed by atoms with Gasteiger partial charge in [0.1, 0.15) is 24.1 Å². The Labute approximate surface area is 174 Å². The third-order valence-electron chi connectivity index (χ3n) is 3.78. The summed E-state index contributed by atoms with van der Waals surface area (Å²) < 4.78 is 5.31. The Balaban J connectivity index is 1.87. The lowest BCUT2D eigenvalue weighted by Gasteiger charge is -2.20. The number of ether oxygens (including phenoxy) is 1. The number of benzene rings is 1. The van der Waals surface area contributed by atoms with Crippen LogP contribution in [0.2, 0.25) is 0 Å². The Kier molecular flexibility index (Phi) is 5.97. The van der Waals surface area contributed by atoms with E-state index in [4.69, 9.17) is 4.74 Å². The lowest BCUT2D eigenvalue weighted by atomic mass is 10.1. The number of carbonyl (C=O) groups is 1. The molecule has 3 aromatic rings. The van der Waals surface area contributed by atoms with Crippen molar-refractivity contribution in [2.24, 2.45) is 0 Å². The molecule has 0 radical (unpaired) electrons. The predicted molar refractivity (Wildman–Crippen MR) is 115 cm³/mol. The number of rotatable bonds is 4. The molecular weight excluding hydrogens is 388 g/mol. The minimum absolute atomic E-state index is 0.516. The summed E-state index contributed by atoms with van der Waals surface area (Å²) in [6.07, 6.45) is 4.04. The zero-order valence-electron chi connectivity index (χ0n) is 16.6. The van der Waals surface area contributed by atoms with Crippen molar-refractivity contribution in [3.05, 3.63) is 48.7 Å². The lowest BCUT2D eigenvalue weighted by molar-refractivity contribution is 0.0636. The molecule has 0 aliphatic rings. The zero-order valence-corrected chi connectivity index (χ0v) is 17.5. The quantitative estimate of drug-likeness (QED) is 0.426. The molecule has 0 spiro atoms. The third kappa shape index (κ3) is 5.64. The van der Waals surface area contributed by atoms with Gasteiger partial charge in [-0.15, -0.1) is 12.6 Å². The van der Waals surface area contributed by atoms with Gasteiger partial charge < -0.3 is 10.1 Å². The summed E-state index contributed by atoms with van der Waals surface area (Å²) in [7, 11) is 0. The molecule has 29 heavy (non-hydrogen) atoms. The number of aromatic nitrogens is 4. The molecule has 0 saturated heterocycles. The van der Waals surface area contributed by atoms with Gasteiger partial charge in [-0.1, -0.05) is 6.07 Å². The smallest absolute Gasteiger partial charge is 0.412 e. The van der Waals surface area contributed by atoms with Crippen LogP contribution >= 0.6 is 12.6 Å². The van der Waals surface area contributed by atoms with Crippen LogP contribution in [0.1, 0.15) is 26.3 Å². The van der Waals surface area contributed by atoms with E-state index < -0.39 is 11.7 Å². The van der Waals surface area contributed by atoms with E-state index in [-0.39, 0.29) is 0 Å². The highest BCUT2D eigenvalue weighted by Crippen LogP contribution is 2.29. The first kappa shape index (κ1) is 20.5. The van der Waals surface area contributed by atoms with Crippen LogP contribution < -0.4 is 10.6 Å². The standard InChI is InChI=1S/C20H22N6O2S/c1-12-5-6-13(25-19(27)28-20(2,3)4)7-15(12)26-18-14(9-21-10-24-18)16-8-17(29)23-11-22-16/h5-11H,1-4H3,(H,25,27)(H,21,24,26)(H,22,23,29). The van der Waals surface area contributed by atoms with E-state index in [0.717, 1.165) is 11.3 Å². The average molecular weight is 411 g/mol. The van der Waals surface area contributed by atoms with E-state index in [1.54, 1.807) is 12.3 Å². The normalized spacial score (nSPS) is 11.1. The zero-order chi connectivity index (χ0) is 21.0. The maximum absolute atomic E-state index is 12.1. The van der Waals surface area contributed by atoms with E-state index in [1.165, 1.54) is 12.7 Å². The molecule has 0 saturated carbocycles. The minimum atomic E-state index is -0.574. The van der Waals surface area contributed by atoms with Crippen molar-refractivity contribution >= 4 is 35.9 Å². The van der Waals surface area contributed by atoms with Gasteiger partial charge in [0.25, 0.3) is 0 Å². The number of nitrogens with one attached hydrogen (secondary N) is 2. The molecule has 9 heteroatoms. The first-order chi connectivity index (χ1) is 13.7. The molecule has 2 aromatic heterocycles. The van der Waals surface area contributed by atoms with Gasteiger partial charge in [-0.2, -0.15) is 0 Å². The molecule has 1 aromatic carbocycles. The highest BCUT2D eigenvalue weighted by molar-refractivity contribution is 7.80. The van der Waals surface area contributed by atoms with E-state index in [0.29, 0.717) is 27.8 Å². The number of thiol groups is 1. The van der Waals surface area contributed by atoms with E-state index in [2.05, 4.69) is 43.2 Å². The predicted octanol–water partition coefficient (Wildman–Crippen LogP) is 4.62. The Morgan fingerprint density at radius 2 is 1.90 bits per heavy atom. The maximum atomic E-state index is 12.1. The SMILES string of the molecule is Cc1ccc(NC(=O)OC(C)(C)C)cc1Nc1ncncc1-c1cc(S)ncn1. The van der Waals surface area contributed by atoms with Crippen molar-refractivity contribution in [1.82, 2.24) is 19.9 Å². The fourth-order valence-corrected chi connectivity index (χ4v) is 2.67. The molecule has 0 bridgehead atoms. The Morgan fingerprint density at radius 1 is 1.10 bits per heavy atom. The van der Waals surface area contributed by atoms with Crippen molar-refractivity contribution in [3.8, 4) is 11.3 Å². The summed E-state index contributed by atoms with van der Waals surface area (Å²) in [5.41, 5.74) is 3.13. The summed E-state index contributed by atoms with van der Waals surface area (Å²) in [5, 5.41) is 6.58. The van der Waals surface area contributed by atoms with Crippen molar-refractivity contribution < 1.29 is 9.53 Å². The number of hydrogen-bond acceptors (Lipinski definition) is 8. The molecule has 0 atom stereocenters. The summed E-state index contributed by atoms with van der Waals surface area (Å²) in [5.74, 6) is 0.573. The molecule has 0 unspecified atom stereocenters. The molecule has 0 aliphatic carbocycles. The number of amides is 1. The number of nitrogens with zero attached hydrogens (tertiary/aromatic N) is 4. The van der Waals surface area contributed by atoms with Crippen molar-refractivity contribution in [1.29, 1.82) is 0 Å². The molecule has 2 heterocycles. The van der Waals surface area contributed by atoms with Gasteiger partial charge in [-0.05, 0) is 51.5 Å². The highest BCUT2D eigenvalue weighted by atomic mass is 32.1. The van der Waals surface area contributed by atoms with Gasteiger partial charge in [0.05, 0.1) is 16.3 Å². The van der Waals surface area contributed by atoms with E-state index in [9.17, 15) is 4.79 Å². The van der Waals surface area contributed by atoms with Gasteiger partial charge in [0, 0.05) is 17.6 Å². The van der Waals surface area contributed by atoms with Crippen LogP contribution in [0.25, 0.3) is 11.3 Å². The van der Waals surface area contributed by atoms with Crippen LogP contribution in [0, 0.1) is 6.92 Å². The summed E-state index contributed by atoms with van der Waals surface area (Å²) >= 11 is 4.26. The van der Waals surface area contributed by atoms with Gasteiger partial charge in [0.2, 0.25) is 0 Å². The van der Waals surface area contributed by atoms with Gasteiger partial charge >= 0.3 is 6.09 Å². The van der Waals surface area contributed by atoms with Crippen LogP contribution in [0.5, 0.6) is 0 Å². The fourth-order valence-electron chi connectivity index (χ4n) is 2.49. The first-order valence-electron chi connectivity index (χ1n) is 8.90. The van der Waals surface area contributed by atoms with E-state index in [1.807, 2.05) is 45.9 Å². The molecule has 0 aliphatic heterocycles. The fraction of sp³-hybridized carbons (Fsp3) is 0.250. The second-order valence-corrected chi connectivity index (χ2v) is 7.79. The third-order valence-corrected chi connectivity index (χ3v) is 4.02. The Bertz CT molecular complexity index is 1040. The monoisotopic (exact) mass is 410 g/mol. The van der Waals surface area contributed by atoms with Gasteiger partial charge in [-0.25, -0.2) is 24.7 Å². The molecule has 150 valence electrons. The largest absolute Gasteiger partial charge is 0.444 e. The Hall–Kier alpha value is -3.20. The van der Waals surface area contributed by atoms with E-state index >= 15 is 0 Å². The first-order valence-corrected chi connectivity index (χ1v) is 9.35.